The first-order chi connectivity index (χ1) is 9.45. The minimum absolute atomic E-state index is 0.178. The van der Waals surface area contributed by atoms with E-state index in [9.17, 15) is 8.42 Å². The number of anilines is 1. The molecule has 6 nitrogen and oxygen atoms in total. The van der Waals surface area contributed by atoms with Crippen molar-refractivity contribution in [2.75, 3.05) is 5.73 Å². The zero-order valence-electron chi connectivity index (χ0n) is 10.3. The number of rotatable bonds is 2. The topological polar surface area (TPSA) is 98.2 Å². The molecule has 20 heavy (non-hydrogen) atoms. The van der Waals surface area contributed by atoms with Gasteiger partial charge in [-0.2, -0.15) is 8.42 Å². The van der Waals surface area contributed by atoms with Gasteiger partial charge in [0, 0.05) is 11.4 Å². The van der Waals surface area contributed by atoms with Crippen LogP contribution in [0.2, 0.25) is 0 Å². The average molecular weight is 289 g/mol. The molecule has 0 bridgehead atoms. The van der Waals surface area contributed by atoms with Gasteiger partial charge in [0.15, 0.2) is 0 Å². The second-order valence-corrected chi connectivity index (χ2v) is 5.76. The SMILES string of the molecule is Nc1cccc(-n2cnc3cc(S(=O)(=O)O)ccc32)c1. The molecule has 0 radical (unpaired) electrons. The lowest BCUT2D eigenvalue weighted by molar-refractivity contribution is 0.483. The highest BCUT2D eigenvalue weighted by atomic mass is 32.2. The first-order valence-electron chi connectivity index (χ1n) is 5.76. The van der Waals surface area contributed by atoms with Crippen molar-refractivity contribution in [1.82, 2.24) is 9.55 Å². The minimum Gasteiger partial charge on any atom is -0.399 e. The molecule has 0 fully saturated rings. The fourth-order valence-electron chi connectivity index (χ4n) is 2.03. The summed E-state index contributed by atoms with van der Waals surface area (Å²) in [5, 5.41) is 0. The summed E-state index contributed by atoms with van der Waals surface area (Å²) in [7, 11) is -4.23. The number of benzene rings is 2. The zero-order chi connectivity index (χ0) is 14.3. The van der Waals surface area contributed by atoms with Gasteiger partial charge in [-0.1, -0.05) is 6.07 Å². The Kier molecular flexibility index (Phi) is 2.73. The molecule has 7 heteroatoms. The van der Waals surface area contributed by atoms with Crippen LogP contribution in [-0.2, 0) is 10.1 Å². The van der Waals surface area contributed by atoms with E-state index in [1.54, 1.807) is 29.1 Å². The lowest BCUT2D eigenvalue weighted by Gasteiger charge is -2.05. The number of nitrogen functional groups attached to an aromatic ring is 1. The van der Waals surface area contributed by atoms with Gasteiger partial charge < -0.3 is 5.73 Å². The molecular weight excluding hydrogens is 278 g/mol. The Bertz CT molecular complexity index is 900. The monoisotopic (exact) mass is 289 g/mol. The molecule has 0 aliphatic rings. The van der Waals surface area contributed by atoms with Crippen molar-refractivity contribution in [2.45, 2.75) is 4.90 Å². The highest BCUT2D eigenvalue weighted by molar-refractivity contribution is 7.85. The lowest BCUT2D eigenvalue weighted by Crippen LogP contribution is -1.98. The number of hydrogen-bond acceptors (Lipinski definition) is 4. The van der Waals surface area contributed by atoms with Crippen molar-refractivity contribution < 1.29 is 13.0 Å². The molecule has 0 aliphatic heterocycles. The molecule has 0 atom stereocenters. The van der Waals surface area contributed by atoms with Gasteiger partial charge >= 0.3 is 0 Å². The van der Waals surface area contributed by atoms with Crippen molar-refractivity contribution in [1.29, 1.82) is 0 Å². The third-order valence-corrected chi connectivity index (χ3v) is 3.81. The van der Waals surface area contributed by atoms with E-state index in [2.05, 4.69) is 4.98 Å². The molecule has 3 aromatic rings. The number of imidazole rings is 1. The highest BCUT2D eigenvalue weighted by Crippen LogP contribution is 2.22. The second kappa shape index (κ2) is 4.32. The van der Waals surface area contributed by atoms with Crippen LogP contribution < -0.4 is 5.73 Å². The normalized spacial score (nSPS) is 11.8. The first kappa shape index (κ1) is 12.6. The van der Waals surface area contributed by atoms with Crippen LogP contribution in [0.25, 0.3) is 16.7 Å². The first-order valence-corrected chi connectivity index (χ1v) is 7.20. The van der Waals surface area contributed by atoms with Crippen LogP contribution in [0.1, 0.15) is 0 Å². The Balaban J connectivity index is 2.20. The van der Waals surface area contributed by atoms with E-state index in [1.165, 1.54) is 12.1 Å². The van der Waals surface area contributed by atoms with Crippen LogP contribution in [0.3, 0.4) is 0 Å². The number of nitrogens with two attached hydrogens (primary N) is 1. The van der Waals surface area contributed by atoms with E-state index in [0.29, 0.717) is 11.2 Å². The van der Waals surface area contributed by atoms with E-state index < -0.39 is 10.1 Å². The molecule has 3 rings (SSSR count). The molecule has 2 aromatic carbocycles. The van der Waals surface area contributed by atoms with Crippen molar-refractivity contribution in [3.8, 4) is 5.69 Å². The van der Waals surface area contributed by atoms with Crippen LogP contribution in [-0.4, -0.2) is 22.5 Å². The van der Waals surface area contributed by atoms with Gasteiger partial charge in [-0.25, -0.2) is 4.98 Å². The number of hydrogen-bond donors (Lipinski definition) is 2. The largest absolute Gasteiger partial charge is 0.399 e. The smallest absolute Gasteiger partial charge is 0.294 e. The van der Waals surface area contributed by atoms with Crippen molar-refractivity contribution >= 4 is 26.8 Å². The van der Waals surface area contributed by atoms with Gasteiger partial charge in [0.1, 0.15) is 6.33 Å². The van der Waals surface area contributed by atoms with Crippen molar-refractivity contribution in [2.24, 2.45) is 0 Å². The molecule has 0 amide bonds. The van der Waals surface area contributed by atoms with E-state index in [-0.39, 0.29) is 4.90 Å². The lowest BCUT2D eigenvalue weighted by atomic mass is 10.2. The number of aromatic nitrogens is 2. The van der Waals surface area contributed by atoms with Gasteiger partial charge in [0.05, 0.1) is 15.9 Å². The summed E-state index contributed by atoms with van der Waals surface area (Å²) in [5.74, 6) is 0. The van der Waals surface area contributed by atoms with Crippen LogP contribution >= 0.6 is 0 Å². The third-order valence-electron chi connectivity index (χ3n) is 2.96. The van der Waals surface area contributed by atoms with Crippen LogP contribution in [0.15, 0.2) is 53.7 Å². The fraction of sp³-hybridized carbons (Fsp3) is 0. The Morgan fingerprint density at radius 2 is 1.95 bits per heavy atom. The maximum atomic E-state index is 11.1. The van der Waals surface area contributed by atoms with Gasteiger partial charge in [-0.05, 0) is 36.4 Å². The second-order valence-electron chi connectivity index (χ2n) is 4.34. The van der Waals surface area contributed by atoms with Crippen LogP contribution in [0.4, 0.5) is 5.69 Å². The van der Waals surface area contributed by atoms with Crippen LogP contribution in [0.5, 0.6) is 0 Å². The van der Waals surface area contributed by atoms with Gasteiger partial charge in [-0.15, -0.1) is 0 Å². The molecular formula is C13H11N3O3S. The summed E-state index contributed by atoms with van der Waals surface area (Å²) in [6, 6.07) is 11.5. The molecule has 1 aromatic heterocycles. The molecule has 3 N–H and O–H groups in total. The van der Waals surface area contributed by atoms with E-state index >= 15 is 0 Å². The minimum atomic E-state index is -4.23. The Hall–Kier alpha value is -2.38. The maximum absolute atomic E-state index is 11.1. The number of fused-ring (bicyclic) bond motifs is 1. The van der Waals surface area contributed by atoms with E-state index in [4.69, 9.17) is 10.3 Å². The van der Waals surface area contributed by atoms with E-state index in [0.717, 1.165) is 11.2 Å². The van der Waals surface area contributed by atoms with Crippen molar-refractivity contribution in [3.05, 3.63) is 48.8 Å². The standard InChI is InChI=1S/C13H11N3O3S/c14-9-2-1-3-10(6-9)16-8-15-12-7-11(20(17,18)19)4-5-13(12)16/h1-8H,14H2,(H,17,18,19). The summed E-state index contributed by atoms with van der Waals surface area (Å²) < 4.78 is 33.0. The van der Waals surface area contributed by atoms with Crippen LogP contribution in [0, 0.1) is 0 Å². The molecule has 0 aliphatic carbocycles. The Morgan fingerprint density at radius 1 is 1.15 bits per heavy atom. The summed E-state index contributed by atoms with van der Waals surface area (Å²) in [6.07, 6.45) is 1.58. The predicted molar refractivity (Wildman–Crippen MR) is 75.3 cm³/mol. The molecule has 1 heterocycles. The zero-order valence-corrected chi connectivity index (χ0v) is 11.1. The maximum Gasteiger partial charge on any atom is 0.294 e. The summed E-state index contributed by atoms with van der Waals surface area (Å²) in [4.78, 5) is 3.97. The third kappa shape index (κ3) is 2.13. The Morgan fingerprint density at radius 3 is 2.65 bits per heavy atom. The molecule has 102 valence electrons. The van der Waals surface area contributed by atoms with Gasteiger partial charge in [0.25, 0.3) is 10.1 Å². The fourth-order valence-corrected chi connectivity index (χ4v) is 2.53. The number of nitrogens with zero attached hydrogens (tertiary/aromatic N) is 2. The predicted octanol–water partition coefficient (Wildman–Crippen LogP) is 1.85. The molecule has 0 saturated heterocycles. The van der Waals surface area contributed by atoms with Gasteiger partial charge in [0.2, 0.25) is 0 Å². The highest BCUT2D eigenvalue weighted by Gasteiger charge is 2.12. The van der Waals surface area contributed by atoms with Gasteiger partial charge in [-0.3, -0.25) is 9.12 Å². The quantitative estimate of drug-likeness (QED) is 0.554. The molecule has 0 saturated carbocycles. The molecule has 0 spiro atoms. The average Bonchev–Trinajstić information content (AvgIpc) is 2.80. The summed E-state index contributed by atoms with van der Waals surface area (Å²) in [5.41, 5.74) is 8.39. The summed E-state index contributed by atoms with van der Waals surface area (Å²) in [6.45, 7) is 0. The molecule has 0 unspecified atom stereocenters. The Labute approximate surface area is 115 Å². The van der Waals surface area contributed by atoms with Crippen molar-refractivity contribution in [3.63, 3.8) is 0 Å². The van der Waals surface area contributed by atoms with E-state index in [1.807, 2.05) is 12.1 Å². The summed E-state index contributed by atoms with van der Waals surface area (Å²) >= 11 is 0.